The van der Waals surface area contributed by atoms with E-state index in [0.717, 1.165) is 5.56 Å². The third-order valence-corrected chi connectivity index (χ3v) is 6.71. The molecule has 8 heteroatoms. The zero-order valence-electron chi connectivity index (χ0n) is 14.6. The van der Waals surface area contributed by atoms with E-state index in [-0.39, 0.29) is 29.1 Å². The van der Waals surface area contributed by atoms with Crippen molar-refractivity contribution in [1.82, 2.24) is 9.62 Å². The van der Waals surface area contributed by atoms with Gasteiger partial charge in [0.2, 0.25) is 15.9 Å². The van der Waals surface area contributed by atoms with E-state index in [1.54, 1.807) is 47.4 Å². The summed E-state index contributed by atoms with van der Waals surface area (Å²) in [6, 6.07) is 12.6. The van der Waals surface area contributed by atoms with E-state index in [1.807, 2.05) is 0 Å². The standard InChI is InChI=1S/C19H20BrFN2O3S/c20-17-12-14(6-7-18(17)21)13-19(24)23-10-8-15(9-11-23)22-27(25,26)16-4-2-1-3-5-16/h1-7,12,15,22H,8-11,13H2. The Morgan fingerprint density at radius 3 is 2.44 bits per heavy atom. The van der Waals surface area contributed by atoms with E-state index in [2.05, 4.69) is 20.7 Å². The average molecular weight is 455 g/mol. The quantitative estimate of drug-likeness (QED) is 0.754. The van der Waals surface area contributed by atoms with Crippen molar-refractivity contribution < 1.29 is 17.6 Å². The van der Waals surface area contributed by atoms with Gasteiger partial charge in [0.15, 0.2) is 0 Å². The smallest absolute Gasteiger partial charge is 0.240 e. The molecule has 0 bridgehead atoms. The van der Waals surface area contributed by atoms with Crippen LogP contribution >= 0.6 is 15.9 Å². The Morgan fingerprint density at radius 1 is 1.15 bits per heavy atom. The fraction of sp³-hybridized carbons (Fsp3) is 0.316. The molecule has 1 amide bonds. The maximum atomic E-state index is 13.3. The molecule has 2 aromatic rings. The molecule has 1 heterocycles. The molecule has 0 spiro atoms. The number of rotatable bonds is 5. The zero-order valence-corrected chi connectivity index (χ0v) is 17.0. The highest BCUT2D eigenvalue weighted by Crippen LogP contribution is 2.19. The lowest BCUT2D eigenvalue weighted by Gasteiger charge is -2.32. The Morgan fingerprint density at radius 2 is 1.81 bits per heavy atom. The van der Waals surface area contributed by atoms with Crippen LogP contribution in [0.3, 0.4) is 0 Å². The fourth-order valence-electron chi connectivity index (χ4n) is 3.07. The van der Waals surface area contributed by atoms with Crippen molar-refractivity contribution in [1.29, 1.82) is 0 Å². The number of piperidine rings is 1. The molecule has 1 N–H and O–H groups in total. The third-order valence-electron chi connectivity index (χ3n) is 4.56. The number of nitrogens with zero attached hydrogens (tertiary/aromatic N) is 1. The maximum absolute atomic E-state index is 13.3. The first kappa shape index (κ1) is 20.0. The van der Waals surface area contributed by atoms with Crippen LogP contribution in [-0.2, 0) is 21.2 Å². The molecule has 0 unspecified atom stereocenters. The molecule has 2 aromatic carbocycles. The second-order valence-electron chi connectivity index (χ2n) is 6.51. The van der Waals surface area contributed by atoms with Gasteiger partial charge in [0.25, 0.3) is 0 Å². The van der Waals surface area contributed by atoms with Gasteiger partial charge in [0.05, 0.1) is 15.8 Å². The Bertz CT molecular complexity index is 914. The largest absolute Gasteiger partial charge is 0.342 e. The number of halogens is 2. The van der Waals surface area contributed by atoms with Crippen molar-refractivity contribution in [3.8, 4) is 0 Å². The summed E-state index contributed by atoms with van der Waals surface area (Å²) in [5, 5.41) is 0. The van der Waals surface area contributed by atoms with E-state index < -0.39 is 10.0 Å². The van der Waals surface area contributed by atoms with Crippen LogP contribution in [0.25, 0.3) is 0 Å². The second-order valence-corrected chi connectivity index (χ2v) is 9.08. The molecule has 0 saturated carbocycles. The maximum Gasteiger partial charge on any atom is 0.240 e. The van der Waals surface area contributed by atoms with E-state index in [4.69, 9.17) is 0 Å². The van der Waals surface area contributed by atoms with Gasteiger partial charge in [0, 0.05) is 19.1 Å². The molecule has 5 nitrogen and oxygen atoms in total. The summed E-state index contributed by atoms with van der Waals surface area (Å²) in [6.45, 7) is 0.979. The van der Waals surface area contributed by atoms with Crippen LogP contribution in [0, 0.1) is 5.82 Å². The number of likely N-dealkylation sites (tertiary alicyclic amines) is 1. The SMILES string of the molecule is O=C(Cc1ccc(F)c(Br)c1)N1CCC(NS(=O)(=O)c2ccccc2)CC1. The Hall–Kier alpha value is -1.77. The van der Waals surface area contributed by atoms with Crippen molar-refractivity contribution in [2.24, 2.45) is 0 Å². The summed E-state index contributed by atoms with van der Waals surface area (Å²) in [7, 11) is -3.55. The first-order chi connectivity index (χ1) is 12.8. The molecule has 1 fully saturated rings. The van der Waals surface area contributed by atoms with Gasteiger partial charge < -0.3 is 4.90 Å². The number of carbonyl (C=O) groups excluding carboxylic acids is 1. The van der Waals surface area contributed by atoms with Crippen molar-refractivity contribution >= 4 is 31.9 Å². The minimum Gasteiger partial charge on any atom is -0.342 e. The summed E-state index contributed by atoms with van der Waals surface area (Å²) in [6.07, 6.45) is 1.31. The van der Waals surface area contributed by atoms with Crippen LogP contribution in [0.15, 0.2) is 57.9 Å². The van der Waals surface area contributed by atoms with Gasteiger partial charge >= 0.3 is 0 Å². The number of hydrogen-bond acceptors (Lipinski definition) is 3. The summed E-state index contributed by atoms with van der Waals surface area (Å²) in [5.41, 5.74) is 0.736. The van der Waals surface area contributed by atoms with Crippen LogP contribution < -0.4 is 4.72 Å². The van der Waals surface area contributed by atoms with Gasteiger partial charge in [-0.05, 0) is 58.6 Å². The van der Waals surface area contributed by atoms with Crippen molar-refractivity contribution in [3.63, 3.8) is 0 Å². The molecular formula is C19H20BrFN2O3S. The minimum atomic E-state index is -3.55. The van der Waals surface area contributed by atoms with Gasteiger partial charge in [-0.15, -0.1) is 0 Å². The number of carbonyl (C=O) groups is 1. The highest BCUT2D eigenvalue weighted by molar-refractivity contribution is 9.10. The fourth-order valence-corrected chi connectivity index (χ4v) is 4.82. The third kappa shape index (κ3) is 5.15. The molecule has 27 heavy (non-hydrogen) atoms. The molecule has 144 valence electrons. The van der Waals surface area contributed by atoms with Gasteiger partial charge in [-0.3, -0.25) is 4.79 Å². The zero-order chi connectivity index (χ0) is 19.4. The topological polar surface area (TPSA) is 66.5 Å². The number of sulfonamides is 1. The molecule has 0 atom stereocenters. The van der Waals surface area contributed by atoms with Crippen LogP contribution in [-0.4, -0.2) is 38.4 Å². The molecular weight excluding hydrogens is 435 g/mol. The van der Waals surface area contributed by atoms with Crippen molar-refractivity contribution in [3.05, 3.63) is 64.4 Å². The molecule has 1 aliphatic rings. The molecule has 0 aromatic heterocycles. The normalized spacial score (nSPS) is 15.7. The van der Waals surface area contributed by atoms with E-state index in [1.165, 1.54) is 6.07 Å². The Labute approximate surface area is 166 Å². The average Bonchev–Trinajstić information content (AvgIpc) is 2.66. The van der Waals surface area contributed by atoms with E-state index in [0.29, 0.717) is 30.4 Å². The van der Waals surface area contributed by atoms with Crippen LogP contribution in [0.4, 0.5) is 4.39 Å². The Kier molecular flexibility index (Phi) is 6.29. The van der Waals surface area contributed by atoms with Crippen LogP contribution in [0.2, 0.25) is 0 Å². The van der Waals surface area contributed by atoms with Gasteiger partial charge in [-0.2, -0.15) is 0 Å². The van der Waals surface area contributed by atoms with E-state index >= 15 is 0 Å². The lowest BCUT2D eigenvalue weighted by atomic mass is 10.0. The number of benzene rings is 2. The summed E-state index contributed by atoms with van der Waals surface area (Å²) in [4.78, 5) is 14.4. The minimum absolute atomic E-state index is 0.0436. The monoisotopic (exact) mass is 454 g/mol. The predicted molar refractivity (Wildman–Crippen MR) is 104 cm³/mol. The molecule has 1 aliphatic heterocycles. The second kappa shape index (κ2) is 8.50. The lowest BCUT2D eigenvalue weighted by molar-refractivity contribution is -0.131. The summed E-state index contributed by atoms with van der Waals surface area (Å²) < 4.78 is 41.1. The molecule has 3 rings (SSSR count). The first-order valence-electron chi connectivity index (χ1n) is 8.64. The number of hydrogen-bond donors (Lipinski definition) is 1. The predicted octanol–water partition coefficient (Wildman–Crippen LogP) is 3.10. The van der Waals surface area contributed by atoms with Crippen LogP contribution in [0.5, 0.6) is 0 Å². The van der Waals surface area contributed by atoms with Crippen LogP contribution in [0.1, 0.15) is 18.4 Å². The number of amides is 1. The molecule has 1 saturated heterocycles. The van der Waals surface area contributed by atoms with Gasteiger partial charge in [0.1, 0.15) is 5.82 Å². The highest BCUT2D eigenvalue weighted by Gasteiger charge is 2.26. The molecule has 0 radical (unpaired) electrons. The van der Waals surface area contributed by atoms with Crippen molar-refractivity contribution in [2.45, 2.75) is 30.2 Å². The highest BCUT2D eigenvalue weighted by atomic mass is 79.9. The first-order valence-corrected chi connectivity index (χ1v) is 10.9. The molecule has 0 aliphatic carbocycles. The van der Waals surface area contributed by atoms with Gasteiger partial charge in [-0.25, -0.2) is 17.5 Å². The Balaban J connectivity index is 1.54. The van der Waals surface area contributed by atoms with Gasteiger partial charge in [-0.1, -0.05) is 24.3 Å². The lowest BCUT2D eigenvalue weighted by Crippen LogP contribution is -2.46. The van der Waals surface area contributed by atoms with E-state index in [9.17, 15) is 17.6 Å². The summed E-state index contributed by atoms with van der Waals surface area (Å²) >= 11 is 3.12. The summed E-state index contributed by atoms with van der Waals surface area (Å²) in [5.74, 6) is -0.407. The van der Waals surface area contributed by atoms with Crippen molar-refractivity contribution in [2.75, 3.05) is 13.1 Å². The number of nitrogens with one attached hydrogen (secondary N) is 1.